The standard InChI is InChI=1S/C21H24ClNO3/c1-13-6-9-15(10-7-13)26-19(20(25)23-21(3,4)5)18(24)16-12-14(2)8-11-17(16)22/h6-12,19H,1-5H3,(H,23,25). The molecule has 4 nitrogen and oxygen atoms in total. The van der Waals surface area contributed by atoms with Gasteiger partial charge in [-0.05, 0) is 58.9 Å². The molecule has 26 heavy (non-hydrogen) atoms. The quantitative estimate of drug-likeness (QED) is 0.620. The fourth-order valence-electron chi connectivity index (χ4n) is 2.38. The summed E-state index contributed by atoms with van der Waals surface area (Å²) in [7, 11) is 0. The van der Waals surface area contributed by atoms with Gasteiger partial charge in [0, 0.05) is 11.1 Å². The molecule has 5 heteroatoms. The van der Waals surface area contributed by atoms with E-state index in [4.69, 9.17) is 16.3 Å². The molecule has 1 unspecified atom stereocenters. The Morgan fingerprint density at radius 1 is 1.00 bits per heavy atom. The average Bonchev–Trinajstić information content (AvgIpc) is 2.54. The minimum atomic E-state index is -1.32. The molecule has 0 aliphatic rings. The van der Waals surface area contributed by atoms with E-state index in [2.05, 4.69) is 5.32 Å². The van der Waals surface area contributed by atoms with Crippen LogP contribution in [0, 0.1) is 13.8 Å². The van der Waals surface area contributed by atoms with Crippen molar-refractivity contribution in [2.45, 2.75) is 46.3 Å². The monoisotopic (exact) mass is 373 g/mol. The largest absolute Gasteiger partial charge is 0.472 e. The molecular weight excluding hydrogens is 350 g/mol. The summed E-state index contributed by atoms with van der Waals surface area (Å²) in [5.41, 5.74) is 1.71. The second kappa shape index (κ2) is 7.92. The molecule has 2 aromatic carbocycles. The van der Waals surface area contributed by atoms with Crippen LogP contribution in [0.25, 0.3) is 0 Å². The highest BCUT2D eigenvalue weighted by molar-refractivity contribution is 6.35. The van der Waals surface area contributed by atoms with Gasteiger partial charge in [0.1, 0.15) is 5.75 Å². The van der Waals surface area contributed by atoms with E-state index in [9.17, 15) is 9.59 Å². The number of Topliss-reactive ketones (excluding diaryl/α,β-unsaturated/α-hetero) is 1. The molecule has 1 atom stereocenters. The summed E-state index contributed by atoms with van der Waals surface area (Å²) < 4.78 is 5.77. The molecule has 0 saturated heterocycles. The van der Waals surface area contributed by atoms with Gasteiger partial charge in [-0.25, -0.2) is 0 Å². The van der Waals surface area contributed by atoms with Crippen molar-refractivity contribution in [3.63, 3.8) is 0 Å². The Morgan fingerprint density at radius 3 is 2.15 bits per heavy atom. The van der Waals surface area contributed by atoms with Gasteiger partial charge < -0.3 is 10.1 Å². The van der Waals surface area contributed by atoms with Crippen molar-refractivity contribution in [3.8, 4) is 5.75 Å². The molecule has 1 amide bonds. The van der Waals surface area contributed by atoms with E-state index in [1.807, 2.05) is 52.8 Å². The summed E-state index contributed by atoms with van der Waals surface area (Å²) in [6, 6.07) is 12.3. The van der Waals surface area contributed by atoms with Gasteiger partial charge in [-0.1, -0.05) is 40.9 Å². The second-order valence-corrected chi connectivity index (χ2v) is 7.80. The first-order valence-electron chi connectivity index (χ1n) is 8.42. The normalized spacial score (nSPS) is 12.4. The smallest absolute Gasteiger partial charge is 0.269 e. The number of ketones is 1. The van der Waals surface area contributed by atoms with Crippen LogP contribution in [0.3, 0.4) is 0 Å². The number of aryl methyl sites for hydroxylation is 2. The number of hydrogen-bond donors (Lipinski definition) is 1. The van der Waals surface area contributed by atoms with Crippen molar-refractivity contribution >= 4 is 23.3 Å². The Balaban J connectivity index is 2.38. The number of benzene rings is 2. The fraction of sp³-hybridized carbons (Fsp3) is 0.333. The van der Waals surface area contributed by atoms with Gasteiger partial charge in [0.05, 0.1) is 5.02 Å². The number of ether oxygens (including phenoxy) is 1. The van der Waals surface area contributed by atoms with Gasteiger partial charge >= 0.3 is 0 Å². The van der Waals surface area contributed by atoms with Crippen LogP contribution in [0.1, 0.15) is 42.3 Å². The van der Waals surface area contributed by atoms with E-state index in [-0.39, 0.29) is 5.56 Å². The summed E-state index contributed by atoms with van der Waals surface area (Å²) in [5.74, 6) is -0.525. The Hall–Kier alpha value is -2.33. The molecule has 138 valence electrons. The topological polar surface area (TPSA) is 55.4 Å². The summed E-state index contributed by atoms with van der Waals surface area (Å²) in [6.45, 7) is 9.34. The average molecular weight is 374 g/mol. The second-order valence-electron chi connectivity index (χ2n) is 7.40. The van der Waals surface area contributed by atoms with E-state index in [0.29, 0.717) is 10.8 Å². The van der Waals surface area contributed by atoms with Crippen LogP contribution in [-0.2, 0) is 4.79 Å². The Morgan fingerprint density at radius 2 is 1.58 bits per heavy atom. The van der Waals surface area contributed by atoms with Crippen LogP contribution in [0.2, 0.25) is 5.02 Å². The van der Waals surface area contributed by atoms with E-state index in [0.717, 1.165) is 11.1 Å². The number of hydrogen-bond acceptors (Lipinski definition) is 3. The molecular formula is C21H24ClNO3. The summed E-state index contributed by atoms with van der Waals surface area (Å²) in [6.07, 6.45) is -1.32. The lowest BCUT2D eigenvalue weighted by molar-refractivity contribution is -0.127. The predicted octanol–water partition coefficient (Wildman–Crippen LogP) is 4.50. The third-order valence-corrected chi connectivity index (χ3v) is 3.97. The first-order valence-corrected chi connectivity index (χ1v) is 8.80. The molecule has 1 N–H and O–H groups in total. The van der Waals surface area contributed by atoms with Crippen molar-refractivity contribution in [2.24, 2.45) is 0 Å². The number of rotatable bonds is 5. The lowest BCUT2D eigenvalue weighted by atomic mass is 10.0. The van der Waals surface area contributed by atoms with Gasteiger partial charge in [0.25, 0.3) is 5.91 Å². The van der Waals surface area contributed by atoms with E-state index < -0.39 is 23.3 Å². The zero-order valence-corrected chi connectivity index (χ0v) is 16.5. The highest BCUT2D eigenvalue weighted by Gasteiger charge is 2.33. The molecule has 0 bridgehead atoms. The highest BCUT2D eigenvalue weighted by Crippen LogP contribution is 2.22. The van der Waals surface area contributed by atoms with Crippen LogP contribution in [0.4, 0.5) is 0 Å². The molecule has 0 aromatic heterocycles. The van der Waals surface area contributed by atoms with Gasteiger partial charge in [0.15, 0.2) is 0 Å². The maximum Gasteiger partial charge on any atom is 0.269 e. The molecule has 0 aliphatic carbocycles. The van der Waals surface area contributed by atoms with Crippen molar-refractivity contribution in [2.75, 3.05) is 0 Å². The van der Waals surface area contributed by atoms with Crippen LogP contribution in [0.5, 0.6) is 5.75 Å². The van der Waals surface area contributed by atoms with Crippen LogP contribution >= 0.6 is 11.6 Å². The minimum Gasteiger partial charge on any atom is -0.472 e. The summed E-state index contributed by atoms with van der Waals surface area (Å²) >= 11 is 6.19. The lowest BCUT2D eigenvalue weighted by Crippen LogP contribution is -2.50. The fourth-order valence-corrected chi connectivity index (χ4v) is 2.59. The van der Waals surface area contributed by atoms with Gasteiger partial charge in [0.2, 0.25) is 11.9 Å². The Bertz CT molecular complexity index is 807. The third-order valence-electron chi connectivity index (χ3n) is 3.64. The number of carbonyl (C=O) groups excluding carboxylic acids is 2. The maximum absolute atomic E-state index is 13.0. The molecule has 2 aromatic rings. The van der Waals surface area contributed by atoms with E-state index >= 15 is 0 Å². The van der Waals surface area contributed by atoms with Crippen molar-refractivity contribution < 1.29 is 14.3 Å². The van der Waals surface area contributed by atoms with E-state index in [1.165, 1.54) is 0 Å². The zero-order chi connectivity index (χ0) is 19.5. The number of halogens is 1. The maximum atomic E-state index is 13.0. The van der Waals surface area contributed by atoms with Gasteiger partial charge in [-0.2, -0.15) is 0 Å². The summed E-state index contributed by atoms with van der Waals surface area (Å²) in [5, 5.41) is 3.10. The van der Waals surface area contributed by atoms with Crippen LogP contribution < -0.4 is 10.1 Å². The van der Waals surface area contributed by atoms with Crippen molar-refractivity contribution in [3.05, 3.63) is 64.2 Å². The van der Waals surface area contributed by atoms with E-state index in [1.54, 1.807) is 24.3 Å². The Labute approximate surface area is 159 Å². The lowest BCUT2D eigenvalue weighted by Gasteiger charge is -2.25. The third kappa shape index (κ3) is 5.33. The first kappa shape index (κ1) is 20.0. The van der Waals surface area contributed by atoms with Crippen LogP contribution in [-0.4, -0.2) is 23.3 Å². The predicted molar refractivity (Wildman–Crippen MR) is 104 cm³/mol. The Kier molecular flexibility index (Phi) is 6.09. The SMILES string of the molecule is Cc1ccc(OC(C(=O)NC(C)(C)C)C(=O)c2cc(C)ccc2Cl)cc1. The van der Waals surface area contributed by atoms with Gasteiger partial charge in [-0.3, -0.25) is 9.59 Å². The molecule has 0 saturated carbocycles. The van der Waals surface area contributed by atoms with Crippen LogP contribution in [0.15, 0.2) is 42.5 Å². The molecule has 0 aliphatic heterocycles. The van der Waals surface area contributed by atoms with Crippen molar-refractivity contribution in [1.29, 1.82) is 0 Å². The molecule has 0 spiro atoms. The molecule has 0 radical (unpaired) electrons. The molecule has 0 heterocycles. The molecule has 0 fully saturated rings. The van der Waals surface area contributed by atoms with Gasteiger partial charge in [-0.15, -0.1) is 0 Å². The summed E-state index contributed by atoms with van der Waals surface area (Å²) in [4.78, 5) is 25.8. The molecule has 2 rings (SSSR count). The highest BCUT2D eigenvalue weighted by atomic mass is 35.5. The number of nitrogens with one attached hydrogen (secondary N) is 1. The first-order chi connectivity index (χ1) is 12.1. The zero-order valence-electron chi connectivity index (χ0n) is 15.7. The van der Waals surface area contributed by atoms with Crippen molar-refractivity contribution in [1.82, 2.24) is 5.32 Å². The minimum absolute atomic E-state index is 0.271. The number of carbonyl (C=O) groups is 2. The number of amides is 1.